The normalized spacial score (nSPS) is 11.1. The van der Waals surface area contributed by atoms with Gasteiger partial charge in [-0.25, -0.2) is 4.39 Å². The van der Waals surface area contributed by atoms with Gasteiger partial charge in [0.15, 0.2) is 0 Å². The predicted octanol–water partition coefficient (Wildman–Crippen LogP) is 5.68. The number of halogens is 4. The molecule has 0 aliphatic rings. The third-order valence-corrected chi connectivity index (χ3v) is 4.21. The molecule has 0 radical (unpaired) electrons. The zero-order valence-corrected chi connectivity index (χ0v) is 15.5. The van der Waals surface area contributed by atoms with Crippen LogP contribution in [0.1, 0.15) is 31.8 Å². The molecule has 3 rings (SSSR count). The number of nitrogens with one attached hydrogen (secondary N) is 2. The molecule has 0 unspecified atom stereocenters. The lowest BCUT2D eigenvalue weighted by Gasteiger charge is -2.13. The van der Waals surface area contributed by atoms with Crippen LogP contribution in [0.25, 0.3) is 0 Å². The first-order valence-corrected chi connectivity index (χ1v) is 8.82. The number of carbonyl (C=O) groups excluding carboxylic acids is 2. The van der Waals surface area contributed by atoms with E-state index in [1.165, 1.54) is 48.5 Å². The molecule has 3 aromatic carbocycles. The van der Waals surface area contributed by atoms with Crippen molar-refractivity contribution in [3.8, 4) is 0 Å². The van der Waals surface area contributed by atoms with Gasteiger partial charge in [0.2, 0.25) is 0 Å². The number of anilines is 2. The summed E-state index contributed by atoms with van der Waals surface area (Å²) in [7, 11) is 0. The summed E-state index contributed by atoms with van der Waals surface area (Å²) >= 11 is 0. The first-order chi connectivity index (χ1) is 14.3. The van der Waals surface area contributed by atoms with E-state index < -0.39 is 30.2 Å². The minimum Gasteiger partial charge on any atom is -0.322 e. The van der Waals surface area contributed by atoms with Gasteiger partial charge in [0.05, 0.1) is 16.8 Å². The van der Waals surface area contributed by atoms with Gasteiger partial charge in [0.1, 0.15) is 6.67 Å². The molecule has 0 aromatic heterocycles. The maximum Gasteiger partial charge on any atom is 0.416 e. The zero-order chi connectivity index (χ0) is 21.7. The van der Waals surface area contributed by atoms with Crippen LogP contribution >= 0.6 is 0 Å². The highest BCUT2D eigenvalue weighted by Crippen LogP contribution is 2.31. The summed E-state index contributed by atoms with van der Waals surface area (Å²) in [6.07, 6.45) is -4.54. The highest BCUT2D eigenvalue weighted by atomic mass is 19.4. The molecule has 8 heteroatoms. The van der Waals surface area contributed by atoms with Crippen molar-refractivity contribution in [3.63, 3.8) is 0 Å². The fraction of sp³-hybridized carbons (Fsp3) is 0.0909. The third-order valence-electron chi connectivity index (χ3n) is 4.21. The van der Waals surface area contributed by atoms with Crippen LogP contribution in [0.2, 0.25) is 0 Å². The summed E-state index contributed by atoms with van der Waals surface area (Å²) in [5, 5.41) is 4.98. The van der Waals surface area contributed by atoms with Gasteiger partial charge in [-0.2, -0.15) is 13.2 Å². The first kappa shape index (κ1) is 21.0. The molecule has 3 aromatic rings. The van der Waals surface area contributed by atoms with Crippen molar-refractivity contribution in [1.82, 2.24) is 0 Å². The van der Waals surface area contributed by atoms with Crippen LogP contribution < -0.4 is 10.6 Å². The quantitative estimate of drug-likeness (QED) is 0.526. The Labute approximate surface area is 169 Å². The number of hydrogen-bond acceptors (Lipinski definition) is 2. The number of rotatable bonds is 5. The fourth-order valence-electron chi connectivity index (χ4n) is 2.75. The van der Waals surface area contributed by atoms with Gasteiger partial charge in [-0.3, -0.25) is 9.59 Å². The fourth-order valence-corrected chi connectivity index (χ4v) is 2.75. The SMILES string of the molecule is O=C(Nc1ccccc1C(=O)Nc1cccc(C(F)(F)F)c1)c1cccc(CF)c1. The molecule has 2 N–H and O–H groups in total. The smallest absolute Gasteiger partial charge is 0.322 e. The van der Waals surface area contributed by atoms with E-state index in [1.54, 1.807) is 12.1 Å². The second-order valence-corrected chi connectivity index (χ2v) is 6.37. The van der Waals surface area contributed by atoms with Crippen LogP contribution in [0.5, 0.6) is 0 Å². The maximum absolute atomic E-state index is 12.9. The Hall–Kier alpha value is -3.68. The standard InChI is InChI=1S/C22H16F4N2O2/c23-13-14-5-3-6-15(11-14)20(29)28-19-10-2-1-9-18(19)21(30)27-17-8-4-7-16(12-17)22(24,25)26/h1-12H,13H2,(H,27,30)(H,28,29). The van der Waals surface area contributed by atoms with E-state index in [0.29, 0.717) is 5.56 Å². The summed E-state index contributed by atoms with van der Waals surface area (Å²) in [4.78, 5) is 25.1. The molecule has 0 saturated carbocycles. The molecule has 0 aliphatic carbocycles. The van der Waals surface area contributed by atoms with Gasteiger partial charge >= 0.3 is 6.18 Å². The molecule has 0 saturated heterocycles. The molecule has 0 spiro atoms. The van der Waals surface area contributed by atoms with Crippen molar-refractivity contribution in [1.29, 1.82) is 0 Å². The van der Waals surface area contributed by atoms with E-state index >= 15 is 0 Å². The second kappa shape index (κ2) is 8.77. The van der Waals surface area contributed by atoms with Crippen molar-refractivity contribution >= 4 is 23.2 Å². The van der Waals surface area contributed by atoms with Crippen molar-refractivity contribution in [2.45, 2.75) is 12.9 Å². The molecule has 2 amide bonds. The molecule has 30 heavy (non-hydrogen) atoms. The summed E-state index contributed by atoms with van der Waals surface area (Å²) in [5.41, 5.74) is -0.166. The Morgan fingerprint density at radius 2 is 1.53 bits per heavy atom. The molecule has 154 valence electrons. The van der Waals surface area contributed by atoms with Gasteiger partial charge < -0.3 is 10.6 Å². The molecule has 0 fully saturated rings. The largest absolute Gasteiger partial charge is 0.416 e. The van der Waals surface area contributed by atoms with Crippen LogP contribution in [0.3, 0.4) is 0 Å². The van der Waals surface area contributed by atoms with Crippen LogP contribution in [-0.2, 0) is 12.9 Å². The molecule has 0 heterocycles. The van der Waals surface area contributed by atoms with Crippen molar-refractivity contribution in [2.24, 2.45) is 0 Å². The Morgan fingerprint density at radius 3 is 2.27 bits per heavy atom. The van der Waals surface area contributed by atoms with Crippen LogP contribution in [0.15, 0.2) is 72.8 Å². The van der Waals surface area contributed by atoms with Gasteiger partial charge in [0, 0.05) is 11.3 Å². The lowest BCUT2D eigenvalue weighted by molar-refractivity contribution is -0.137. The molecule has 0 bridgehead atoms. The number of para-hydroxylation sites is 1. The van der Waals surface area contributed by atoms with E-state index in [-0.39, 0.29) is 22.5 Å². The minimum absolute atomic E-state index is 0.0356. The average molecular weight is 416 g/mol. The van der Waals surface area contributed by atoms with Crippen molar-refractivity contribution in [2.75, 3.05) is 10.6 Å². The topological polar surface area (TPSA) is 58.2 Å². The van der Waals surface area contributed by atoms with E-state index in [1.807, 2.05) is 0 Å². The minimum atomic E-state index is -4.54. The Bertz CT molecular complexity index is 1080. The lowest BCUT2D eigenvalue weighted by Crippen LogP contribution is -2.18. The Kier molecular flexibility index (Phi) is 6.15. The molecular formula is C22H16F4N2O2. The monoisotopic (exact) mass is 416 g/mol. The summed E-state index contributed by atoms with van der Waals surface area (Å²) < 4.78 is 51.4. The lowest BCUT2D eigenvalue weighted by atomic mass is 10.1. The Balaban J connectivity index is 1.81. The highest BCUT2D eigenvalue weighted by Gasteiger charge is 2.30. The summed E-state index contributed by atoms with van der Waals surface area (Å²) in [5.74, 6) is -1.24. The van der Waals surface area contributed by atoms with E-state index in [4.69, 9.17) is 0 Å². The van der Waals surface area contributed by atoms with Gasteiger partial charge in [-0.05, 0) is 48.0 Å². The first-order valence-electron chi connectivity index (χ1n) is 8.82. The van der Waals surface area contributed by atoms with E-state index in [9.17, 15) is 27.2 Å². The molecule has 4 nitrogen and oxygen atoms in total. The number of alkyl halides is 4. The van der Waals surface area contributed by atoms with Crippen LogP contribution in [-0.4, -0.2) is 11.8 Å². The van der Waals surface area contributed by atoms with E-state index in [0.717, 1.165) is 12.1 Å². The van der Waals surface area contributed by atoms with Crippen LogP contribution in [0, 0.1) is 0 Å². The van der Waals surface area contributed by atoms with Gasteiger partial charge in [0.25, 0.3) is 11.8 Å². The maximum atomic E-state index is 12.9. The molecule has 0 aliphatic heterocycles. The summed E-state index contributed by atoms with van der Waals surface area (Å²) in [6, 6.07) is 16.3. The molecular weight excluding hydrogens is 400 g/mol. The zero-order valence-electron chi connectivity index (χ0n) is 15.5. The Morgan fingerprint density at radius 1 is 0.800 bits per heavy atom. The van der Waals surface area contributed by atoms with Crippen molar-refractivity contribution in [3.05, 3.63) is 95.1 Å². The summed E-state index contributed by atoms with van der Waals surface area (Å²) in [6.45, 7) is -0.725. The number of benzene rings is 3. The van der Waals surface area contributed by atoms with E-state index in [2.05, 4.69) is 10.6 Å². The van der Waals surface area contributed by atoms with Gasteiger partial charge in [-0.1, -0.05) is 30.3 Å². The van der Waals surface area contributed by atoms with Crippen LogP contribution in [0.4, 0.5) is 28.9 Å². The number of hydrogen-bond donors (Lipinski definition) is 2. The average Bonchev–Trinajstić information content (AvgIpc) is 2.73. The highest BCUT2D eigenvalue weighted by molar-refractivity contribution is 6.12. The third kappa shape index (κ3) is 5.02. The number of amides is 2. The van der Waals surface area contributed by atoms with Gasteiger partial charge in [-0.15, -0.1) is 0 Å². The second-order valence-electron chi connectivity index (χ2n) is 6.37. The number of carbonyl (C=O) groups is 2. The van der Waals surface area contributed by atoms with Crippen molar-refractivity contribution < 1.29 is 27.2 Å². The molecule has 0 atom stereocenters. The predicted molar refractivity (Wildman–Crippen MR) is 105 cm³/mol.